The van der Waals surface area contributed by atoms with Crippen molar-refractivity contribution in [3.63, 3.8) is 0 Å². The highest BCUT2D eigenvalue weighted by Gasteiger charge is 2.18. The normalized spacial score (nSPS) is 13.0. The molecule has 0 aliphatic carbocycles. The Balaban J connectivity index is 1.86. The molecule has 1 atom stereocenters. The Kier molecular flexibility index (Phi) is 7.97. The molecule has 0 aliphatic rings. The molecule has 0 aliphatic heterocycles. The molecule has 11 heteroatoms. The van der Waals surface area contributed by atoms with Crippen LogP contribution in [0, 0.1) is 10.1 Å². The van der Waals surface area contributed by atoms with Gasteiger partial charge in [0.1, 0.15) is 5.69 Å². The van der Waals surface area contributed by atoms with E-state index in [0.717, 1.165) is 18.9 Å². The van der Waals surface area contributed by atoms with E-state index in [9.17, 15) is 18.5 Å². The van der Waals surface area contributed by atoms with Crippen LogP contribution in [0.25, 0.3) is 0 Å². The summed E-state index contributed by atoms with van der Waals surface area (Å²) in [4.78, 5) is 14.7. The van der Waals surface area contributed by atoms with Gasteiger partial charge in [-0.05, 0) is 40.4 Å². The molecule has 0 saturated carbocycles. The number of aliphatic imine (C=N–C) groups is 1. The zero-order chi connectivity index (χ0) is 21.4. The quantitative estimate of drug-likeness (QED) is 0.180. The highest BCUT2D eigenvalue weighted by Crippen LogP contribution is 2.27. The van der Waals surface area contributed by atoms with Crippen molar-refractivity contribution < 1.29 is 13.3 Å². The lowest BCUT2D eigenvalue weighted by Crippen LogP contribution is -2.40. The number of anilines is 1. The van der Waals surface area contributed by atoms with Gasteiger partial charge in [0.25, 0.3) is 5.69 Å². The van der Waals surface area contributed by atoms with Crippen molar-refractivity contribution >= 4 is 38.5 Å². The smallest absolute Gasteiger partial charge is 0.293 e. The Morgan fingerprint density at radius 1 is 1.28 bits per heavy atom. The number of rotatable bonds is 9. The molecule has 1 aromatic carbocycles. The second-order valence-electron chi connectivity index (χ2n) is 6.47. The summed E-state index contributed by atoms with van der Waals surface area (Å²) in [6.45, 7) is 3.71. The number of hydrogen-bond acceptors (Lipinski definition) is 7. The van der Waals surface area contributed by atoms with Gasteiger partial charge in [0.15, 0.2) is 15.8 Å². The predicted octanol–water partition coefficient (Wildman–Crippen LogP) is 2.44. The summed E-state index contributed by atoms with van der Waals surface area (Å²) in [6, 6.07) is 5.92. The van der Waals surface area contributed by atoms with Gasteiger partial charge < -0.3 is 16.0 Å². The number of guanidine groups is 1. The Morgan fingerprint density at radius 2 is 2.03 bits per heavy atom. The van der Waals surface area contributed by atoms with E-state index in [-0.39, 0.29) is 16.3 Å². The SMILES string of the molecule is CN=C(NCCNc1ccc(S(C)(=O)=O)cc1[N+](=O)[O-])NCC(C)c1ccsc1. The number of thiophene rings is 1. The average molecular weight is 440 g/mol. The van der Waals surface area contributed by atoms with Crippen LogP contribution in [0.15, 0.2) is 44.9 Å². The highest BCUT2D eigenvalue weighted by molar-refractivity contribution is 7.90. The standard InChI is InChI=1S/C18H25N5O4S2/c1-13(14-6-9-28-12-14)11-22-18(19-2)21-8-7-20-16-5-4-15(29(3,26)27)10-17(16)23(24)25/h4-6,9-10,12-13,20H,7-8,11H2,1-3H3,(H2,19,21,22). The molecule has 0 saturated heterocycles. The molecular weight excluding hydrogens is 414 g/mol. The second-order valence-corrected chi connectivity index (χ2v) is 9.27. The van der Waals surface area contributed by atoms with Gasteiger partial charge in [-0.3, -0.25) is 15.1 Å². The van der Waals surface area contributed by atoms with Crippen molar-refractivity contribution in [2.45, 2.75) is 17.7 Å². The summed E-state index contributed by atoms with van der Waals surface area (Å²) in [7, 11) is -1.84. The Morgan fingerprint density at radius 3 is 2.62 bits per heavy atom. The van der Waals surface area contributed by atoms with Crippen molar-refractivity contribution in [2.24, 2.45) is 4.99 Å². The fourth-order valence-electron chi connectivity index (χ4n) is 2.56. The lowest BCUT2D eigenvalue weighted by atomic mass is 10.1. The van der Waals surface area contributed by atoms with Gasteiger partial charge in [-0.25, -0.2) is 8.42 Å². The van der Waals surface area contributed by atoms with E-state index < -0.39 is 14.8 Å². The first-order chi connectivity index (χ1) is 13.7. The van der Waals surface area contributed by atoms with Crippen LogP contribution in [0.4, 0.5) is 11.4 Å². The van der Waals surface area contributed by atoms with Gasteiger partial charge in [0.05, 0.1) is 9.82 Å². The zero-order valence-corrected chi connectivity index (χ0v) is 18.1. The summed E-state index contributed by atoms with van der Waals surface area (Å²) in [5.74, 6) is 0.977. The number of sulfone groups is 1. The topological polar surface area (TPSA) is 126 Å². The van der Waals surface area contributed by atoms with Crippen LogP contribution in [0.5, 0.6) is 0 Å². The van der Waals surface area contributed by atoms with Gasteiger partial charge in [-0.2, -0.15) is 11.3 Å². The van der Waals surface area contributed by atoms with Gasteiger partial charge in [0.2, 0.25) is 0 Å². The first-order valence-corrected chi connectivity index (χ1v) is 11.7. The van der Waals surface area contributed by atoms with Crippen LogP contribution in [0.1, 0.15) is 18.4 Å². The summed E-state index contributed by atoms with van der Waals surface area (Å²) >= 11 is 1.66. The molecular formula is C18H25N5O4S2. The van der Waals surface area contributed by atoms with Crippen LogP contribution in [0.3, 0.4) is 0 Å². The van der Waals surface area contributed by atoms with Crippen molar-refractivity contribution in [3.8, 4) is 0 Å². The maximum absolute atomic E-state index is 11.6. The van der Waals surface area contributed by atoms with E-state index in [1.807, 2.05) is 5.38 Å². The Labute approximate surface area is 174 Å². The van der Waals surface area contributed by atoms with Crippen LogP contribution < -0.4 is 16.0 Å². The van der Waals surface area contributed by atoms with E-state index >= 15 is 0 Å². The molecule has 1 heterocycles. The number of nitro benzene ring substituents is 1. The summed E-state index contributed by atoms with van der Waals surface area (Å²) in [5.41, 5.74) is 1.25. The third-order valence-corrected chi connectivity index (χ3v) is 6.05. The lowest BCUT2D eigenvalue weighted by molar-refractivity contribution is -0.384. The molecule has 2 rings (SSSR count). The molecule has 0 spiro atoms. The monoisotopic (exact) mass is 439 g/mol. The van der Waals surface area contributed by atoms with Crippen molar-refractivity contribution in [2.75, 3.05) is 38.3 Å². The molecule has 2 aromatic rings. The molecule has 0 amide bonds. The van der Waals surface area contributed by atoms with E-state index in [2.05, 4.69) is 39.3 Å². The molecule has 0 fully saturated rings. The van der Waals surface area contributed by atoms with Crippen LogP contribution >= 0.6 is 11.3 Å². The predicted molar refractivity (Wildman–Crippen MR) is 117 cm³/mol. The second kappa shape index (κ2) is 10.2. The van der Waals surface area contributed by atoms with E-state index in [0.29, 0.717) is 25.0 Å². The third kappa shape index (κ3) is 6.71. The van der Waals surface area contributed by atoms with Gasteiger partial charge >= 0.3 is 0 Å². The van der Waals surface area contributed by atoms with Gasteiger partial charge in [-0.15, -0.1) is 0 Å². The van der Waals surface area contributed by atoms with Crippen molar-refractivity contribution in [1.29, 1.82) is 0 Å². The minimum absolute atomic E-state index is 0.0859. The van der Waals surface area contributed by atoms with E-state index in [4.69, 9.17) is 0 Å². The maximum Gasteiger partial charge on any atom is 0.293 e. The highest BCUT2D eigenvalue weighted by atomic mass is 32.2. The molecule has 9 nitrogen and oxygen atoms in total. The first-order valence-electron chi connectivity index (χ1n) is 8.91. The van der Waals surface area contributed by atoms with E-state index in [1.165, 1.54) is 17.7 Å². The van der Waals surface area contributed by atoms with Crippen LogP contribution in [-0.2, 0) is 9.84 Å². The number of nitrogens with zero attached hydrogens (tertiary/aromatic N) is 2. The minimum Gasteiger partial charge on any atom is -0.378 e. The molecule has 29 heavy (non-hydrogen) atoms. The summed E-state index contributed by atoms with van der Waals surface area (Å²) < 4.78 is 23.2. The first kappa shape index (κ1) is 22.6. The maximum atomic E-state index is 11.6. The molecule has 1 aromatic heterocycles. The Hall–Kier alpha value is -2.66. The number of benzene rings is 1. The molecule has 1 unspecified atom stereocenters. The molecule has 0 bridgehead atoms. The van der Waals surface area contributed by atoms with E-state index in [1.54, 1.807) is 18.4 Å². The van der Waals surface area contributed by atoms with Gasteiger partial charge in [0, 0.05) is 39.0 Å². The molecule has 158 valence electrons. The third-order valence-electron chi connectivity index (χ3n) is 4.24. The van der Waals surface area contributed by atoms with Crippen molar-refractivity contribution in [3.05, 3.63) is 50.7 Å². The Bertz CT molecular complexity index is 959. The lowest BCUT2D eigenvalue weighted by Gasteiger charge is -2.16. The largest absolute Gasteiger partial charge is 0.378 e. The summed E-state index contributed by atoms with van der Waals surface area (Å²) in [5, 5.41) is 24.8. The minimum atomic E-state index is -3.51. The van der Waals surface area contributed by atoms with Crippen LogP contribution in [-0.4, -0.2) is 52.2 Å². The molecule has 0 radical (unpaired) electrons. The number of nitro groups is 1. The molecule has 3 N–H and O–H groups in total. The van der Waals surface area contributed by atoms with Crippen molar-refractivity contribution in [1.82, 2.24) is 10.6 Å². The fourth-order valence-corrected chi connectivity index (χ4v) is 3.99. The van der Waals surface area contributed by atoms with Gasteiger partial charge in [-0.1, -0.05) is 6.92 Å². The number of hydrogen-bond donors (Lipinski definition) is 3. The number of nitrogens with one attached hydrogen (secondary N) is 3. The fraction of sp³-hybridized carbons (Fsp3) is 0.389. The zero-order valence-electron chi connectivity index (χ0n) is 16.5. The van der Waals surface area contributed by atoms with Crippen LogP contribution in [0.2, 0.25) is 0 Å². The average Bonchev–Trinajstić information content (AvgIpc) is 3.21. The summed E-state index contributed by atoms with van der Waals surface area (Å²) in [6.07, 6.45) is 1.01.